The zero-order valence-electron chi connectivity index (χ0n) is 15.1. The molecule has 1 aliphatic rings. The van der Waals surface area contributed by atoms with Crippen LogP contribution in [0.2, 0.25) is 0 Å². The molecule has 0 aliphatic carbocycles. The largest absolute Gasteiger partial charge is 0.444 e. The molecule has 0 bridgehead atoms. The van der Waals surface area contributed by atoms with Crippen LogP contribution >= 0.6 is 0 Å². The van der Waals surface area contributed by atoms with Crippen LogP contribution < -0.4 is 10.6 Å². The summed E-state index contributed by atoms with van der Waals surface area (Å²) in [5.74, 6) is 0. The molecule has 7 heteroatoms. The maximum Gasteiger partial charge on any atom is 0.407 e. The quantitative estimate of drug-likeness (QED) is 0.753. The Morgan fingerprint density at radius 3 is 2.30 bits per heavy atom. The van der Waals surface area contributed by atoms with Crippen molar-refractivity contribution in [2.24, 2.45) is 0 Å². The molecular weight excluding hydrogens is 296 g/mol. The summed E-state index contributed by atoms with van der Waals surface area (Å²) in [6.07, 6.45) is 2.43. The van der Waals surface area contributed by atoms with Gasteiger partial charge >= 0.3 is 12.1 Å². The number of likely N-dealkylation sites (tertiary alicyclic amines) is 1. The summed E-state index contributed by atoms with van der Waals surface area (Å²) in [5, 5.41) is 6.24. The molecule has 7 nitrogen and oxygen atoms in total. The highest BCUT2D eigenvalue weighted by Crippen LogP contribution is 2.11. The van der Waals surface area contributed by atoms with E-state index in [1.165, 1.54) is 0 Å². The summed E-state index contributed by atoms with van der Waals surface area (Å²) in [6.45, 7) is 8.59. The van der Waals surface area contributed by atoms with Gasteiger partial charge in [-0.25, -0.2) is 9.59 Å². The second-order valence-electron chi connectivity index (χ2n) is 7.17. The Labute approximate surface area is 139 Å². The second kappa shape index (κ2) is 8.96. The number of piperidine rings is 1. The Morgan fingerprint density at radius 2 is 1.78 bits per heavy atom. The molecule has 0 aromatic carbocycles. The van der Waals surface area contributed by atoms with Gasteiger partial charge in [-0.3, -0.25) is 0 Å². The number of carbonyl (C=O) groups is 2. The summed E-state index contributed by atoms with van der Waals surface area (Å²) in [5.41, 5.74) is -0.458. The molecular formula is C16H32N4O3. The van der Waals surface area contributed by atoms with Crippen molar-refractivity contribution in [1.82, 2.24) is 20.4 Å². The number of carbonyl (C=O) groups excluding carboxylic acids is 2. The molecule has 1 heterocycles. The molecule has 0 aromatic rings. The number of nitrogens with one attached hydrogen (secondary N) is 2. The lowest BCUT2D eigenvalue weighted by molar-refractivity contribution is 0.0527. The van der Waals surface area contributed by atoms with Crippen molar-refractivity contribution < 1.29 is 14.3 Å². The minimum atomic E-state index is -0.458. The SMILES string of the molecule is CN(C)C(=O)N1CCC(NCCCNC(=O)OC(C)(C)C)CC1. The number of hydrogen-bond acceptors (Lipinski definition) is 4. The van der Waals surface area contributed by atoms with E-state index in [9.17, 15) is 9.59 Å². The Kier molecular flexibility index (Phi) is 7.61. The first-order valence-corrected chi connectivity index (χ1v) is 8.35. The standard InChI is InChI=1S/C16H32N4O3/c1-16(2,3)23-14(21)18-10-6-9-17-13-7-11-20(12-8-13)15(22)19(4)5/h13,17H,6-12H2,1-5H3,(H,18,21). The van der Waals surface area contributed by atoms with Crippen molar-refractivity contribution in [2.45, 2.75) is 51.7 Å². The number of nitrogens with zero attached hydrogens (tertiary/aromatic N) is 2. The van der Waals surface area contributed by atoms with Crippen LogP contribution in [-0.2, 0) is 4.74 Å². The molecule has 23 heavy (non-hydrogen) atoms. The summed E-state index contributed by atoms with van der Waals surface area (Å²) >= 11 is 0. The van der Waals surface area contributed by atoms with E-state index in [-0.39, 0.29) is 12.1 Å². The van der Waals surface area contributed by atoms with Crippen molar-refractivity contribution in [1.29, 1.82) is 0 Å². The van der Waals surface area contributed by atoms with Crippen LogP contribution in [0.15, 0.2) is 0 Å². The minimum Gasteiger partial charge on any atom is -0.444 e. The van der Waals surface area contributed by atoms with Crippen LogP contribution in [0.4, 0.5) is 9.59 Å². The van der Waals surface area contributed by atoms with Gasteiger partial charge in [-0.05, 0) is 46.6 Å². The first-order chi connectivity index (χ1) is 10.7. The lowest BCUT2D eigenvalue weighted by atomic mass is 10.1. The molecule has 0 spiro atoms. The van der Waals surface area contributed by atoms with Gasteiger partial charge in [0.25, 0.3) is 0 Å². The number of alkyl carbamates (subject to hydrolysis) is 1. The van der Waals surface area contributed by atoms with Gasteiger partial charge in [0.1, 0.15) is 5.60 Å². The predicted octanol–water partition coefficient (Wildman–Crippen LogP) is 1.64. The molecule has 1 fully saturated rings. The van der Waals surface area contributed by atoms with Crippen LogP contribution in [0, 0.1) is 0 Å². The van der Waals surface area contributed by atoms with Crippen molar-refractivity contribution in [3.8, 4) is 0 Å². The summed E-state index contributed by atoms with van der Waals surface area (Å²) in [7, 11) is 3.56. The topological polar surface area (TPSA) is 73.9 Å². The predicted molar refractivity (Wildman–Crippen MR) is 90.5 cm³/mol. The van der Waals surface area contributed by atoms with Crippen molar-refractivity contribution in [2.75, 3.05) is 40.3 Å². The molecule has 1 aliphatic heterocycles. The normalized spacial score (nSPS) is 16.1. The zero-order valence-corrected chi connectivity index (χ0v) is 15.1. The molecule has 0 atom stereocenters. The smallest absolute Gasteiger partial charge is 0.407 e. The average Bonchev–Trinajstić information content (AvgIpc) is 2.45. The number of ether oxygens (including phenoxy) is 1. The third-order valence-corrected chi connectivity index (χ3v) is 3.60. The van der Waals surface area contributed by atoms with Gasteiger partial charge in [-0.2, -0.15) is 0 Å². The second-order valence-corrected chi connectivity index (χ2v) is 7.17. The molecule has 0 saturated carbocycles. The first-order valence-electron chi connectivity index (χ1n) is 8.35. The molecule has 1 saturated heterocycles. The van der Waals surface area contributed by atoms with E-state index in [1.54, 1.807) is 19.0 Å². The molecule has 1 rings (SSSR count). The Morgan fingerprint density at radius 1 is 1.17 bits per heavy atom. The van der Waals surface area contributed by atoms with Crippen LogP contribution in [0.25, 0.3) is 0 Å². The lowest BCUT2D eigenvalue weighted by Gasteiger charge is -2.34. The summed E-state index contributed by atoms with van der Waals surface area (Å²) in [6, 6.07) is 0.535. The Hall–Kier alpha value is -1.50. The van der Waals surface area contributed by atoms with Gasteiger partial charge in [0.2, 0.25) is 0 Å². The summed E-state index contributed by atoms with van der Waals surface area (Å²) in [4.78, 5) is 26.8. The molecule has 134 valence electrons. The highest BCUT2D eigenvalue weighted by molar-refractivity contribution is 5.73. The summed E-state index contributed by atoms with van der Waals surface area (Å²) < 4.78 is 5.18. The van der Waals surface area contributed by atoms with Crippen LogP contribution in [0.1, 0.15) is 40.0 Å². The molecule has 2 N–H and O–H groups in total. The number of urea groups is 1. The first kappa shape index (κ1) is 19.5. The average molecular weight is 328 g/mol. The highest BCUT2D eigenvalue weighted by Gasteiger charge is 2.23. The van der Waals surface area contributed by atoms with Gasteiger partial charge in [0.15, 0.2) is 0 Å². The van der Waals surface area contributed by atoms with E-state index in [2.05, 4.69) is 10.6 Å². The van der Waals surface area contributed by atoms with Gasteiger partial charge in [0.05, 0.1) is 0 Å². The Bertz CT molecular complexity index is 385. The van der Waals surface area contributed by atoms with Gasteiger partial charge in [-0.1, -0.05) is 0 Å². The monoisotopic (exact) mass is 328 g/mol. The molecule has 3 amide bonds. The fourth-order valence-electron chi connectivity index (χ4n) is 2.46. The van der Waals surface area contributed by atoms with Crippen LogP contribution in [0.3, 0.4) is 0 Å². The lowest BCUT2D eigenvalue weighted by Crippen LogP contribution is -2.48. The van der Waals surface area contributed by atoms with E-state index in [1.807, 2.05) is 25.7 Å². The Balaban J connectivity index is 2.08. The molecule has 0 unspecified atom stereocenters. The zero-order chi connectivity index (χ0) is 17.5. The van der Waals surface area contributed by atoms with Crippen molar-refractivity contribution in [3.05, 3.63) is 0 Å². The van der Waals surface area contributed by atoms with E-state index in [4.69, 9.17) is 4.74 Å². The number of amides is 3. The van der Waals surface area contributed by atoms with Crippen LogP contribution in [0.5, 0.6) is 0 Å². The van der Waals surface area contributed by atoms with Gasteiger partial charge in [0, 0.05) is 39.8 Å². The van der Waals surface area contributed by atoms with E-state index in [0.29, 0.717) is 12.6 Å². The maximum absolute atomic E-state index is 11.8. The van der Waals surface area contributed by atoms with E-state index < -0.39 is 5.60 Å². The number of hydrogen-bond donors (Lipinski definition) is 2. The minimum absolute atomic E-state index is 0.0880. The van der Waals surface area contributed by atoms with Gasteiger partial charge < -0.3 is 25.2 Å². The molecule has 0 aromatic heterocycles. The van der Waals surface area contributed by atoms with Crippen molar-refractivity contribution in [3.63, 3.8) is 0 Å². The van der Waals surface area contributed by atoms with Gasteiger partial charge in [-0.15, -0.1) is 0 Å². The van der Waals surface area contributed by atoms with Crippen molar-refractivity contribution >= 4 is 12.1 Å². The fraction of sp³-hybridized carbons (Fsp3) is 0.875. The highest BCUT2D eigenvalue weighted by atomic mass is 16.6. The molecule has 0 radical (unpaired) electrons. The van der Waals surface area contributed by atoms with E-state index in [0.717, 1.165) is 38.9 Å². The maximum atomic E-state index is 11.8. The third kappa shape index (κ3) is 8.06. The third-order valence-electron chi connectivity index (χ3n) is 3.60. The van der Waals surface area contributed by atoms with Crippen LogP contribution in [-0.4, -0.2) is 73.8 Å². The van der Waals surface area contributed by atoms with E-state index >= 15 is 0 Å². The number of rotatable bonds is 5. The fourth-order valence-corrected chi connectivity index (χ4v) is 2.46.